The van der Waals surface area contributed by atoms with Crippen molar-refractivity contribution in [3.8, 4) is 17.2 Å². The molecule has 0 fully saturated rings. The molecule has 0 aliphatic heterocycles. The summed E-state index contributed by atoms with van der Waals surface area (Å²) in [5.41, 5.74) is 1.85. The highest BCUT2D eigenvalue weighted by atomic mass is 16.5. The Labute approximate surface area is 183 Å². The summed E-state index contributed by atoms with van der Waals surface area (Å²) in [5.74, 6) is 0.691. The molecular formula is C24H31NO6. The van der Waals surface area contributed by atoms with Crippen molar-refractivity contribution in [1.29, 1.82) is 0 Å². The van der Waals surface area contributed by atoms with Gasteiger partial charge in [-0.1, -0.05) is 36.4 Å². The second-order valence-corrected chi connectivity index (χ2v) is 6.94. The van der Waals surface area contributed by atoms with Gasteiger partial charge < -0.3 is 24.3 Å². The summed E-state index contributed by atoms with van der Waals surface area (Å²) in [5, 5.41) is 2.86. The maximum Gasteiger partial charge on any atom is 0.311 e. The van der Waals surface area contributed by atoms with E-state index in [1.807, 2.05) is 36.4 Å². The number of carbonyl (C=O) groups is 2. The lowest BCUT2D eigenvalue weighted by Crippen LogP contribution is -2.35. The summed E-state index contributed by atoms with van der Waals surface area (Å²) in [6, 6.07) is 13.3. The van der Waals surface area contributed by atoms with Crippen molar-refractivity contribution in [3.05, 3.63) is 53.6 Å². The van der Waals surface area contributed by atoms with E-state index in [0.717, 1.165) is 11.1 Å². The number of benzene rings is 2. The Morgan fingerprint density at radius 1 is 0.935 bits per heavy atom. The van der Waals surface area contributed by atoms with Crippen LogP contribution in [-0.4, -0.2) is 46.4 Å². The van der Waals surface area contributed by atoms with E-state index in [2.05, 4.69) is 5.32 Å². The number of methoxy groups -OCH3 is 3. The maximum atomic E-state index is 12.5. The Kier molecular flexibility index (Phi) is 9.68. The zero-order chi connectivity index (χ0) is 22.6. The number of hydrogen-bond acceptors (Lipinski definition) is 6. The molecule has 0 aliphatic carbocycles. The van der Waals surface area contributed by atoms with Crippen molar-refractivity contribution >= 4 is 11.9 Å². The van der Waals surface area contributed by atoms with E-state index in [-0.39, 0.29) is 24.8 Å². The highest BCUT2D eigenvalue weighted by molar-refractivity contribution is 5.78. The molecule has 0 saturated carbocycles. The van der Waals surface area contributed by atoms with Crippen LogP contribution in [0.1, 0.15) is 24.5 Å². The van der Waals surface area contributed by atoms with Gasteiger partial charge >= 0.3 is 5.97 Å². The summed E-state index contributed by atoms with van der Waals surface area (Å²) in [4.78, 5) is 24.8. The summed E-state index contributed by atoms with van der Waals surface area (Å²) < 4.78 is 21.3. The zero-order valence-electron chi connectivity index (χ0n) is 18.6. The van der Waals surface area contributed by atoms with Crippen LogP contribution in [0.3, 0.4) is 0 Å². The van der Waals surface area contributed by atoms with E-state index < -0.39 is 5.92 Å². The molecule has 7 heteroatoms. The summed E-state index contributed by atoms with van der Waals surface area (Å²) in [7, 11) is 4.65. The van der Waals surface area contributed by atoms with E-state index in [1.54, 1.807) is 34.3 Å². The molecule has 0 aromatic heterocycles. The molecule has 0 radical (unpaired) electrons. The molecule has 7 nitrogen and oxygen atoms in total. The number of carbonyl (C=O) groups excluding carboxylic acids is 2. The molecule has 1 amide bonds. The van der Waals surface area contributed by atoms with Crippen molar-refractivity contribution in [2.75, 3.05) is 34.5 Å². The van der Waals surface area contributed by atoms with E-state index in [1.165, 1.54) is 0 Å². The van der Waals surface area contributed by atoms with Crippen LogP contribution < -0.4 is 19.5 Å². The van der Waals surface area contributed by atoms with Gasteiger partial charge in [0.15, 0.2) is 11.5 Å². The molecule has 0 spiro atoms. The SMILES string of the molecule is CCOC(=O)C(CNC(=O)CCc1ccc(OC)c(OC)c1OC)Cc1ccccc1. The average molecular weight is 430 g/mol. The first-order chi connectivity index (χ1) is 15.0. The molecule has 0 saturated heterocycles. The van der Waals surface area contributed by atoms with E-state index in [4.69, 9.17) is 18.9 Å². The fourth-order valence-corrected chi connectivity index (χ4v) is 3.33. The van der Waals surface area contributed by atoms with Crippen LogP contribution >= 0.6 is 0 Å². The fraction of sp³-hybridized carbons (Fsp3) is 0.417. The van der Waals surface area contributed by atoms with Gasteiger partial charge in [0.05, 0.1) is 33.9 Å². The quantitative estimate of drug-likeness (QED) is 0.522. The third kappa shape index (κ3) is 6.91. The van der Waals surface area contributed by atoms with Crippen LogP contribution in [0.5, 0.6) is 17.2 Å². The van der Waals surface area contributed by atoms with Gasteiger partial charge in [-0.05, 0) is 37.0 Å². The van der Waals surface area contributed by atoms with Crippen molar-refractivity contribution in [1.82, 2.24) is 5.32 Å². The topological polar surface area (TPSA) is 83.1 Å². The Morgan fingerprint density at radius 2 is 1.65 bits per heavy atom. The summed E-state index contributed by atoms with van der Waals surface area (Å²) >= 11 is 0. The number of hydrogen-bond donors (Lipinski definition) is 1. The predicted molar refractivity (Wildman–Crippen MR) is 118 cm³/mol. The Morgan fingerprint density at radius 3 is 2.26 bits per heavy atom. The van der Waals surface area contributed by atoms with Gasteiger partial charge in [-0.3, -0.25) is 9.59 Å². The minimum absolute atomic E-state index is 0.154. The molecule has 1 atom stereocenters. The second-order valence-electron chi connectivity index (χ2n) is 6.94. The predicted octanol–water partition coefficient (Wildman–Crippen LogP) is 3.18. The van der Waals surface area contributed by atoms with Gasteiger partial charge in [0, 0.05) is 13.0 Å². The first-order valence-corrected chi connectivity index (χ1v) is 10.3. The summed E-state index contributed by atoms with van der Waals surface area (Å²) in [6.07, 6.45) is 1.20. The van der Waals surface area contributed by atoms with Crippen LogP contribution in [0.2, 0.25) is 0 Å². The first-order valence-electron chi connectivity index (χ1n) is 10.3. The maximum absolute atomic E-state index is 12.5. The molecule has 168 valence electrons. The molecular weight excluding hydrogens is 398 g/mol. The molecule has 2 aromatic rings. The number of amides is 1. The molecule has 1 unspecified atom stereocenters. The van der Waals surface area contributed by atoms with Crippen LogP contribution in [-0.2, 0) is 27.2 Å². The van der Waals surface area contributed by atoms with Gasteiger partial charge in [0.25, 0.3) is 0 Å². The number of nitrogens with one attached hydrogen (secondary N) is 1. The third-order valence-electron chi connectivity index (χ3n) is 4.90. The van der Waals surface area contributed by atoms with Gasteiger partial charge in [0.1, 0.15) is 0 Å². The lowest BCUT2D eigenvalue weighted by Gasteiger charge is -2.17. The van der Waals surface area contributed by atoms with Gasteiger partial charge in [0.2, 0.25) is 11.7 Å². The van der Waals surface area contributed by atoms with Crippen molar-refractivity contribution in [2.45, 2.75) is 26.2 Å². The smallest absolute Gasteiger partial charge is 0.311 e. The molecule has 0 bridgehead atoms. The highest BCUT2D eigenvalue weighted by Gasteiger charge is 2.22. The van der Waals surface area contributed by atoms with Crippen LogP contribution in [0.25, 0.3) is 0 Å². The first kappa shape index (κ1) is 24.1. The second kappa shape index (κ2) is 12.5. The normalized spacial score (nSPS) is 11.4. The summed E-state index contributed by atoms with van der Waals surface area (Å²) in [6.45, 7) is 2.29. The fourth-order valence-electron chi connectivity index (χ4n) is 3.33. The molecule has 1 N–H and O–H groups in total. The Bertz CT molecular complexity index is 853. The van der Waals surface area contributed by atoms with Gasteiger partial charge in [-0.15, -0.1) is 0 Å². The number of aryl methyl sites for hydroxylation is 1. The van der Waals surface area contributed by atoms with Gasteiger partial charge in [-0.2, -0.15) is 0 Å². The lowest BCUT2D eigenvalue weighted by molar-refractivity contribution is -0.147. The zero-order valence-corrected chi connectivity index (χ0v) is 18.6. The highest BCUT2D eigenvalue weighted by Crippen LogP contribution is 2.40. The molecule has 0 aliphatic rings. The largest absolute Gasteiger partial charge is 0.493 e. The number of esters is 1. The van der Waals surface area contributed by atoms with Crippen LogP contribution in [0, 0.1) is 5.92 Å². The minimum atomic E-state index is -0.443. The van der Waals surface area contributed by atoms with E-state index in [9.17, 15) is 9.59 Å². The lowest BCUT2D eigenvalue weighted by atomic mass is 9.99. The van der Waals surface area contributed by atoms with Crippen molar-refractivity contribution in [3.63, 3.8) is 0 Å². The Hall–Kier alpha value is -3.22. The number of rotatable bonds is 12. The minimum Gasteiger partial charge on any atom is -0.493 e. The number of ether oxygens (including phenoxy) is 4. The Balaban J connectivity index is 1.98. The van der Waals surface area contributed by atoms with E-state index in [0.29, 0.717) is 36.7 Å². The van der Waals surface area contributed by atoms with Crippen molar-refractivity contribution < 1.29 is 28.5 Å². The monoisotopic (exact) mass is 429 g/mol. The van der Waals surface area contributed by atoms with Crippen LogP contribution in [0.15, 0.2) is 42.5 Å². The van der Waals surface area contributed by atoms with Crippen LogP contribution in [0.4, 0.5) is 0 Å². The molecule has 2 aromatic carbocycles. The van der Waals surface area contributed by atoms with Gasteiger partial charge in [-0.25, -0.2) is 0 Å². The molecule has 2 rings (SSSR count). The third-order valence-corrected chi connectivity index (χ3v) is 4.90. The molecule has 0 heterocycles. The molecule has 31 heavy (non-hydrogen) atoms. The standard InChI is InChI=1S/C24H31NO6/c1-5-31-24(27)19(15-17-9-7-6-8-10-17)16-25-21(26)14-12-18-11-13-20(28-2)23(30-4)22(18)29-3/h6-11,13,19H,5,12,14-16H2,1-4H3,(H,25,26). The van der Waals surface area contributed by atoms with Crippen molar-refractivity contribution in [2.24, 2.45) is 5.92 Å². The van der Waals surface area contributed by atoms with E-state index >= 15 is 0 Å². The average Bonchev–Trinajstić information content (AvgIpc) is 2.80.